The summed E-state index contributed by atoms with van der Waals surface area (Å²) in [5.74, 6) is 0. The van der Waals surface area contributed by atoms with Crippen LogP contribution in [0.3, 0.4) is 0 Å². The van der Waals surface area contributed by atoms with Gasteiger partial charge in [0.2, 0.25) is 0 Å². The van der Waals surface area contributed by atoms with Crippen molar-refractivity contribution in [2.45, 2.75) is 19.8 Å². The number of hydrogen-bond donors (Lipinski definition) is 0. The molecule has 0 atom stereocenters. The molecule has 0 radical (unpaired) electrons. The predicted octanol–water partition coefficient (Wildman–Crippen LogP) is 2.81. The number of hydrogen-bond acceptors (Lipinski definition) is 3. The summed E-state index contributed by atoms with van der Waals surface area (Å²) >= 11 is 0. The maximum Gasteiger partial charge on any atom is 0.410 e. The number of fused-ring (bicyclic) bond motifs is 1. The van der Waals surface area contributed by atoms with Crippen LogP contribution in [0.5, 0.6) is 0 Å². The molecule has 1 aromatic heterocycles. The number of aromatic nitrogens is 1. The summed E-state index contributed by atoms with van der Waals surface area (Å²) in [4.78, 5) is 17.8. The standard InChI is InChI=1S/C16H18N2O2/c1-2-20-16(19)18-10-7-12(8-11-18)13-5-6-15-14(13)4-3-9-17-15/h3-5,7,9H,2,6,8,10-11H2,1H3. The van der Waals surface area contributed by atoms with Gasteiger partial charge in [0, 0.05) is 31.3 Å². The Kier molecular flexibility index (Phi) is 3.54. The first-order valence-electron chi connectivity index (χ1n) is 7.05. The maximum absolute atomic E-state index is 11.7. The van der Waals surface area contributed by atoms with Crippen molar-refractivity contribution in [3.8, 4) is 0 Å². The summed E-state index contributed by atoms with van der Waals surface area (Å²) in [6, 6.07) is 4.10. The van der Waals surface area contributed by atoms with Crippen LogP contribution in [-0.4, -0.2) is 35.7 Å². The van der Waals surface area contributed by atoms with E-state index in [2.05, 4.69) is 23.2 Å². The minimum absolute atomic E-state index is 0.217. The van der Waals surface area contributed by atoms with Crippen molar-refractivity contribution in [3.63, 3.8) is 0 Å². The molecule has 0 aromatic carbocycles. The van der Waals surface area contributed by atoms with Crippen molar-refractivity contribution < 1.29 is 9.53 Å². The SMILES string of the molecule is CCOC(=O)N1CC=C(C2=CCc3ncccc32)CC1. The molecular formula is C16H18N2O2. The second-order valence-electron chi connectivity index (χ2n) is 4.94. The highest BCUT2D eigenvalue weighted by atomic mass is 16.6. The maximum atomic E-state index is 11.7. The lowest BCUT2D eigenvalue weighted by Gasteiger charge is -2.26. The fourth-order valence-corrected chi connectivity index (χ4v) is 2.75. The Labute approximate surface area is 118 Å². The molecule has 1 aliphatic heterocycles. The second-order valence-corrected chi connectivity index (χ2v) is 4.94. The zero-order valence-corrected chi connectivity index (χ0v) is 11.6. The normalized spacial score (nSPS) is 17.4. The fraction of sp³-hybridized carbons (Fsp3) is 0.375. The van der Waals surface area contributed by atoms with E-state index in [1.807, 2.05) is 19.2 Å². The molecule has 3 rings (SSSR count). The van der Waals surface area contributed by atoms with Crippen LogP contribution in [-0.2, 0) is 11.2 Å². The van der Waals surface area contributed by atoms with E-state index in [9.17, 15) is 4.79 Å². The molecule has 1 aliphatic carbocycles. The summed E-state index contributed by atoms with van der Waals surface area (Å²) in [5.41, 5.74) is 4.99. The highest BCUT2D eigenvalue weighted by Crippen LogP contribution is 2.34. The predicted molar refractivity (Wildman–Crippen MR) is 77.2 cm³/mol. The molecule has 2 aliphatic rings. The molecule has 4 heteroatoms. The first kappa shape index (κ1) is 12.9. The lowest BCUT2D eigenvalue weighted by Crippen LogP contribution is -2.35. The molecule has 0 fully saturated rings. The highest BCUT2D eigenvalue weighted by molar-refractivity contribution is 5.83. The summed E-state index contributed by atoms with van der Waals surface area (Å²) in [7, 11) is 0. The smallest absolute Gasteiger partial charge is 0.410 e. The first-order chi connectivity index (χ1) is 9.79. The van der Waals surface area contributed by atoms with Gasteiger partial charge in [-0.2, -0.15) is 0 Å². The minimum atomic E-state index is -0.217. The van der Waals surface area contributed by atoms with Gasteiger partial charge < -0.3 is 9.64 Å². The van der Waals surface area contributed by atoms with E-state index in [1.54, 1.807) is 4.90 Å². The third-order valence-electron chi connectivity index (χ3n) is 3.76. The van der Waals surface area contributed by atoms with Gasteiger partial charge in [-0.25, -0.2) is 4.79 Å². The largest absolute Gasteiger partial charge is 0.450 e. The minimum Gasteiger partial charge on any atom is -0.450 e. The Morgan fingerprint density at radius 2 is 2.35 bits per heavy atom. The van der Waals surface area contributed by atoms with Crippen LogP contribution in [0, 0.1) is 0 Å². The Morgan fingerprint density at radius 3 is 3.10 bits per heavy atom. The molecule has 104 valence electrons. The van der Waals surface area contributed by atoms with E-state index in [0.29, 0.717) is 13.2 Å². The van der Waals surface area contributed by atoms with Gasteiger partial charge in [0.25, 0.3) is 0 Å². The lowest BCUT2D eigenvalue weighted by molar-refractivity contribution is 0.110. The van der Waals surface area contributed by atoms with Crippen LogP contribution in [0.4, 0.5) is 4.79 Å². The Balaban J connectivity index is 1.74. The molecule has 0 N–H and O–H groups in total. The highest BCUT2D eigenvalue weighted by Gasteiger charge is 2.23. The zero-order valence-electron chi connectivity index (χ0n) is 11.6. The van der Waals surface area contributed by atoms with Gasteiger partial charge in [-0.15, -0.1) is 0 Å². The van der Waals surface area contributed by atoms with Crippen LogP contribution in [0.2, 0.25) is 0 Å². The summed E-state index contributed by atoms with van der Waals surface area (Å²) in [5, 5.41) is 0. The van der Waals surface area contributed by atoms with Gasteiger partial charge in [0.15, 0.2) is 0 Å². The Morgan fingerprint density at radius 1 is 1.45 bits per heavy atom. The van der Waals surface area contributed by atoms with Crippen molar-refractivity contribution in [1.82, 2.24) is 9.88 Å². The topological polar surface area (TPSA) is 42.4 Å². The van der Waals surface area contributed by atoms with Gasteiger partial charge in [-0.1, -0.05) is 18.2 Å². The van der Waals surface area contributed by atoms with E-state index in [4.69, 9.17) is 4.74 Å². The molecular weight excluding hydrogens is 252 g/mol. The molecule has 0 spiro atoms. The van der Waals surface area contributed by atoms with Crippen molar-refractivity contribution in [1.29, 1.82) is 0 Å². The molecule has 1 aromatic rings. The van der Waals surface area contributed by atoms with Crippen molar-refractivity contribution >= 4 is 11.7 Å². The number of carbonyl (C=O) groups excluding carboxylic acids is 1. The summed E-state index contributed by atoms with van der Waals surface area (Å²) in [6.07, 6.45) is 7.78. The number of pyridine rings is 1. The lowest BCUT2D eigenvalue weighted by atomic mass is 9.96. The number of ether oxygens (including phenoxy) is 1. The zero-order chi connectivity index (χ0) is 13.9. The summed E-state index contributed by atoms with van der Waals surface area (Å²) < 4.78 is 5.03. The third-order valence-corrected chi connectivity index (χ3v) is 3.76. The number of rotatable bonds is 2. The molecule has 2 heterocycles. The molecule has 1 amide bonds. The van der Waals surface area contributed by atoms with Crippen LogP contribution in [0.25, 0.3) is 5.57 Å². The molecule has 0 saturated heterocycles. The number of amides is 1. The first-order valence-corrected chi connectivity index (χ1v) is 7.05. The molecule has 20 heavy (non-hydrogen) atoms. The van der Waals surface area contributed by atoms with Gasteiger partial charge in [-0.3, -0.25) is 4.98 Å². The average molecular weight is 270 g/mol. The number of allylic oxidation sites excluding steroid dienone is 2. The van der Waals surface area contributed by atoms with Crippen LogP contribution in [0.1, 0.15) is 24.6 Å². The number of carbonyl (C=O) groups is 1. The average Bonchev–Trinajstić information content (AvgIpc) is 2.92. The van der Waals surface area contributed by atoms with E-state index >= 15 is 0 Å². The fourth-order valence-electron chi connectivity index (χ4n) is 2.75. The van der Waals surface area contributed by atoms with Crippen molar-refractivity contribution in [2.75, 3.05) is 19.7 Å². The van der Waals surface area contributed by atoms with Crippen LogP contribution >= 0.6 is 0 Å². The van der Waals surface area contributed by atoms with Crippen molar-refractivity contribution in [3.05, 3.63) is 47.3 Å². The third kappa shape index (κ3) is 2.33. The van der Waals surface area contributed by atoms with Gasteiger partial charge in [0.1, 0.15) is 0 Å². The van der Waals surface area contributed by atoms with Gasteiger partial charge in [0.05, 0.1) is 12.3 Å². The Bertz CT molecular complexity index is 590. The van der Waals surface area contributed by atoms with E-state index in [0.717, 1.165) is 25.1 Å². The second kappa shape index (κ2) is 5.49. The van der Waals surface area contributed by atoms with E-state index in [1.165, 1.54) is 16.7 Å². The summed E-state index contributed by atoms with van der Waals surface area (Å²) in [6.45, 7) is 3.60. The Hall–Kier alpha value is -2.10. The number of nitrogens with zero attached hydrogens (tertiary/aromatic N) is 2. The van der Waals surface area contributed by atoms with Crippen LogP contribution < -0.4 is 0 Å². The van der Waals surface area contributed by atoms with E-state index in [-0.39, 0.29) is 6.09 Å². The molecule has 0 bridgehead atoms. The van der Waals surface area contributed by atoms with Gasteiger partial charge >= 0.3 is 6.09 Å². The quantitative estimate of drug-likeness (QED) is 0.830. The molecule has 4 nitrogen and oxygen atoms in total. The van der Waals surface area contributed by atoms with Gasteiger partial charge in [-0.05, 0) is 30.6 Å². The van der Waals surface area contributed by atoms with E-state index < -0.39 is 0 Å². The monoisotopic (exact) mass is 270 g/mol. The van der Waals surface area contributed by atoms with Crippen molar-refractivity contribution in [2.24, 2.45) is 0 Å². The molecule has 0 unspecified atom stereocenters. The van der Waals surface area contributed by atoms with Crippen LogP contribution in [0.15, 0.2) is 36.1 Å². The molecule has 0 saturated carbocycles.